The van der Waals surface area contributed by atoms with Gasteiger partial charge in [0.15, 0.2) is 6.61 Å². The number of nitrogens with zero attached hydrogens (tertiary/aromatic N) is 3. The summed E-state index contributed by atoms with van der Waals surface area (Å²) in [6.45, 7) is 3.70. The quantitative estimate of drug-likeness (QED) is 0.512. The number of nitrogens with one attached hydrogen (secondary N) is 1. The summed E-state index contributed by atoms with van der Waals surface area (Å²) in [4.78, 5) is 17.0. The Morgan fingerprint density at radius 3 is 2.82 bits per heavy atom. The van der Waals surface area contributed by atoms with Crippen LogP contribution in [0.5, 0.6) is 5.75 Å². The van der Waals surface area contributed by atoms with Crippen molar-refractivity contribution in [1.82, 2.24) is 14.8 Å². The molecule has 4 rings (SSSR count). The van der Waals surface area contributed by atoms with Gasteiger partial charge in [-0.1, -0.05) is 47.2 Å². The molecule has 1 amide bonds. The summed E-state index contributed by atoms with van der Waals surface area (Å²) in [7, 11) is 0. The number of benzene rings is 2. The largest absolute Gasteiger partial charge is 0.483 e. The number of fused-ring (bicyclic) bond motifs is 1. The van der Waals surface area contributed by atoms with Crippen molar-refractivity contribution in [3.63, 3.8) is 0 Å². The van der Waals surface area contributed by atoms with Crippen LogP contribution in [0, 0.1) is 13.8 Å². The van der Waals surface area contributed by atoms with E-state index in [2.05, 4.69) is 15.4 Å². The summed E-state index contributed by atoms with van der Waals surface area (Å²) < 4.78 is 8.18. The molecule has 2 aromatic carbocycles. The molecule has 0 saturated heterocycles. The van der Waals surface area contributed by atoms with E-state index in [-0.39, 0.29) is 12.5 Å². The van der Waals surface area contributed by atoms with Crippen LogP contribution in [0.4, 0.5) is 5.82 Å². The summed E-state index contributed by atoms with van der Waals surface area (Å²) in [6.07, 6.45) is 0. The van der Waals surface area contributed by atoms with E-state index in [0.29, 0.717) is 21.7 Å². The first-order valence-electron chi connectivity index (χ1n) is 8.61. The molecule has 4 aromatic rings. The number of anilines is 1. The van der Waals surface area contributed by atoms with Gasteiger partial charge >= 0.3 is 0 Å². The van der Waals surface area contributed by atoms with Gasteiger partial charge in [-0.25, -0.2) is 4.98 Å². The molecule has 0 spiro atoms. The monoisotopic (exact) mass is 412 g/mol. The number of carbonyl (C=O) groups excluding carboxylic acids is 1. The number of hydrogen-bond donors (Lipinski definition) is 1. The predicted molar refractivity (Wildman–Crippen MR) is 112 cm³/mol. The van der Waals surface area contributed by atoms with Crippen molar-refractivity contribution in [2.75, 3.05) is 11.9 Å². The second kappa shape index (κ2) is 7.61. The van der Waals surface area contributed by atoms with E-state index in [1.165, 1.54) is 11.3 Å². The summed E-state index contributed by atoms with van der Waals surface area (Å²) in [6, 6.07) is 15.0. The van der Waals surface area contributed by atoms with E-state index in [1.807, 2.05) is 50.2 Å². The van der Waals surface area contributed by atoms with E-state index in [9.17, 15) is 4.79 Å². The molecule has 0 bridgehead atoms. The first-order valence-corrected chi connectivity index (χ1v) is 9.81. The van der Waals surface area contributed by atoms with E-state index in [0.717, 1.165) is 21.5 Å². The minimum atomic E-state index is -0.274. The van der Waals surface area contributed by atoms with E-state index >= 15 is 0 Å². The molecular formula is C20H17ClN4O2S. The van der Waals surface area contributed by atoms with Gasteiger partial charge in [-0.05, 0) is 37.6 Å². The topological polar surface area (TPSA) is 69.0 Å². The highest BCUT2D eigenvalue weighted by Crippen LogP contribution is 2.31. The molecule has 8 heteroatoms. The van der Waals surface area contributed by atoms with E-state index < -0.39 is 0 Å². The molecule has 0 aliphatic rings. The number of carbonyl (C=O) groups is 1. The predicted octanol–water partition coefficient (Wildman–Crippen LogP) is 4.77. The van der Waals surface area contributed by atoms with Crippen LogP contribution >= 0.6 is 22.9 Å². The van der Waals surface area contributed by atoms with Gasteiger partial charge in [0, 0.05) is 6.07 Å². The van der Waals surface area contributed by atoms with Gasteiger partial charge in [-0.3, -0.25) is 4.79 Å². The van der Waals surface area contributed by atoms with Crippen molar-refractivity contribution in [2.24, 2.45) is 0 Å². The molecule has 0 aliphatic carbocycles. The molecule has 0 unspecified atom stereocenters. The van der Waals surface area contributed by atoms with Crippen LogP contribution in [0.3, 0.4) is 0 Å². The van der Waals surface area contributed by atoms with Crippen LogP contribution < -0.4 is 10.1 Å². The minimum absolute atomic E-state index is 0.0965. The first kappa shape index (κ1) is 18.5. The Bertz CT molecular complexity index is 1170. The Kier molecular flexibility index (Phi) is 5.02. The minimum Gasteiger partial charge on any atom is -0.483 e. The second-order valence-corrected chi connectivity index (χ2v) is 7.68. The van der Waals surface area contributed by atoms with Crippen LogP contribution in [-0.2, 0) is 4.79 Å². The number of thiazole rings is 1. The average Bonchev–Trinajstić information content (AvgIpc) is 3.25. The standard InChI is InChI=1S/C20H17ClN4O2S/c1-12-6-3-4-8-15(12)27-11-18(26)22-17-10-13(2)24-25(17)20-23-19-14(21)7-5-9-16(19)28-20/h3-10H,11H2,1-2H3,(H,22,26). The highest BCUT2D eigenvalue weighted by atomic mass is 35.5. The summed E-state index contributed by atoms with van der Waals surface area (Å²) >= 11 is 7.68. The Labute approximate surface area is 170 Å². The van der Waals surface area contributed by atoms with Gasteiger partial charge < -0.3 is 10.1 Å². The molecule has 2 heterocycles. The number of halogens is 1. The van der Waals surface area contributed by atoms with Crippen molar-refractivity contribution in [2.45, 2.75) is 13.8 Å². The van der Waals surface area contributed by atoms with Crippen molar-refractivity contribution < 1.29 is 9.53 Å². The van der Waals surface area contributed by atoms with Gasteiger partial charge in [-0.2, -0.15) is 9.78 Å². The molecule has 0 fully saturated rings. The number of aromatic nitrogens is 3. The van der Waals surface area contributed by atoms with Gasteiger partial charge in [0.2, 0.25) is 5.13 Å². The molecule has 0 radical (unpaired) electrons. The molecule has 142 valence electrons. The third-order valence-corrected chi connectivity index (χ3v) is 5.39. The third kappa shape index (κ3) is 3.72. The van der Waals surface area contributed by atoms with Crippen LogP contribution in [0.25, 0.3) is 15.3 Å². The molecule has 2 aromatic heterocycles. The number of aryl methyl sites for hydroxylation is 2. The van der Waals surface area contributed by atoms with E-state index in [1.54, 1.807) is 16.8 Å². The third-order valence-electron chi connectivity index (χ3n) is 4.09. The molecular weight excluding hydrogens is 396 g/mol. The van der Waals surface area contributed by atoms with Crippen LogP contribution in [-0.4, -0.2) is 27.3 Å². The Morgan fingerprint density at radius 1 is 1.21 bits per heavy atom. The zero-order valence-corrected chi connectivity index (χ0v) is 16.8. The zero-order chi connectivity index (χ0) is 19.7. The molecule has 28 heavy (non-hydrogen) atoms. The van der Waals surface area contributed by atoms with Crippen molar-refractivity contribution in [3.05, 3.63) is 64.8 Å². The van der Waals surface area contributed by atoms with Gasteiger partial charge in [0.25, 0.3) is 5.91 Å². The van der Waals surface area contributed by atoms with Crippen molar-refractivity contribution in [1.29, 1.82) is 0 Å². The average molecular weight is 413 g/mol. The number of para-hydroxylation sites is 2. The lowest BCUT2D eigenvalue weighted by Crippen LogP contribution is -2.22. The molecule has 0 saturated carbocycles. The molecule has 0 atom stereocenters. The fourth-order valence-electron chi connectivity index (χ4n) is 2.77. The molecule has 1 N–H and O–H groups in total. The highest BCUT2D eigenvalue weighted by molar-refractivity contribution is 7.20. The lowest BCUT2D eigenvalue weighted by molar-refractivity contribution is -0.118. The maximum absolute atomic E-state index is 12.4. The molecule has 0 aliphatic heterocycles. The highest BCUT2D eigenvalue weighted by Gasteiger charge is 2.16. The smallest absolute Gasteiger partial charge is 0.263 e. The molecule has 6 nitrogen and oxygen atoms in total. The van der Waals surface area contributed by atoms with E-state index in [4.69, 9.17) is 16.3 Å². The number of rotatable bonds is 5. The Hall–Kier alpha value is -2.90. The first-order chi connectivity index (χ1) is 13.5. The van der Waals surface area contributed by atoms with Crippen molar-refractivity contribution in [3.8, 4) is 10.9 Å². The lowest BCUT2D eigenvalue weighted by Gasteiger charge is -2.09. The Morgan fingerprint density at radius 2 is 2.04 bits per heavy atom. The number of hydrogen-bond acceptors (Lipinski definition) is 5. The zero-order valence-electron chi connectivity index (χ0n) is 15.3. The lowest BCUT2D eigenvalue weighted by atomic mass is 10.2. The fourth-order valence-corrected chi connectivity index (χ4v) is 4.00. The maximum Gasteiger partial charge on any atom is 0.263 e. The summed E-state index contributed by atoms with van der Waals surface area (Å²) in [5.74, 6) is 0.942. The Balaban J connectivity index is 1.55. The van der Waals surface area contributed by atoms with Gasteiger partial charge in [0.05, 0.1) is 15.4 Å². The number of ether oxygens (including phenoxy) is 1. The summed E-state index contributed by atoms with van der Waals surface area (Å²) in [5.41, 5.74) is 2.46. The SMILES string of the molecule is Cc1cc(NC(=O)COc2ccccc2C)n(-c2nc3c(Cl)cccc3s2)n1. The number of amides is 1. The second-order valence-electron chi connectivity index (χ2n) is 6.27. The van der Waals surface area contributed by atoms with Gasteiger partial charge in [0.1, 0.15) is 17.1 Å². The van der Waals surface area contributed by atoms with Gasteiger partial charge in [-0.15, -0.1) is 0 Å². The fraction of sp³-hybridized carbons (Fsp3) is 0.150. The van der Waals surface area contributed by atoms with Crippen LogP contribution in [0.15, 0.2) is 48.5 Å². The summed E-state index contributed by atoms with van der Waals surface area (Å²) in [5, 5.41) is 8.52. The van der Waals surface area contributed by atoms with Crippen LogP contribution in [0.1, 0.15) is 11.3 Å². The maximum atomic E-state index is 12.4. The van der Waals surface area contributed by atoms with Crippen LogP contribution in [0.2, 0.25) is 5.02 Å². The normalized spacial score (nSPS) is 11.0. The van der Waals surface area contributed by atoms with Crippen molar-refractivity contribution >= 4 is 44.9 Å².